The van der Waals surface area contributed by atoms with Gasteiger partial charge in [-0.05, 0) is 37.4 Å². The molecule has 0 aromatic heterocycles. The van der Waals surface area contributed by atoms with Gasteiger partial charge in [0, 0.05) is 6.04 Å². The van der Waals surface area contributed by atoms with Crippen LogP contribution in [0.3, 0.4) is 0 Å². The molecule has 1 N–H and O–H groups in total. The second-order valence-electron chi connectivity index (χ2n) is 4.53. The monoisotopic (exact) mass is 235 g/mol. The molecule has 2 nitrogen and oxygen atoms in total. The summed E-state index contributed by atoms with van der Waals surface area (Å²) < 4.78 is 5.41. The smallest absolute Gasteiger partial charge is 0.122 e. The minimum absolute atomic E-state index is 0.551. The van der Waals surface area contributed by atoms with Crippen molar-refractivity contribution in [3.63, 3.8) is 0 Å². The van der Waals surface area contributed by atoms with Crippen LogP contribution in [0.25, 0.3) is 0 Å². The molecule has 0 heterocycles. The molecular formula is C15H25NO. The van der Waals surface area contributed by atoms with Crippen LogP contribution in [0.1, 0.15) is 32.8 Å². The van der Waals surface area contributed by atoms with Crippen LogP contribution in [-0.2, 0) is 6.42 Å². The highest BCUT2D eigenvalue weighted by molar-refractivity contribution is 5.33. The third-order valence-corrected chi connectivity index (χ3v) is 3.43. The molecule has 1 rings (SSSR count). The van der Waals surface area contributed by atoms with E-state index in [1.165, 1.54) is 12.0 Å². The Morgan fingerprint density at radius 3 is 2.53 bits per heavy atom. The molecule has 17 heavy (non-hydrogen) atoms. The zero-order chi connectivity index (χ0) is 12.7. The standard InChI is InChI=1S/C15H25NO/c1-5-13(12(3)16-6-2)11-14-9-7-8-10-15(14)17-4/h7-10,12-13,16H,5-6,11H2,1-4H3. The van der Waals surface area contributed by atoms with Crippen LogP contribution in [0.2, 0.25) is 0 Å². The average molecular weight is 235 g/mol. The van der Waals surface area contributed by atoms with Gasteiger partial charge in [-0.25, -0.2) is 0 Å². The number of hydrogen-bond donors (Lipinski definition) is 1. The Hall–Kier alpha value is -1.02. The van der Waals surface area contributed by atoms with Gasteiger partial charge in [-0.3, -0.25) is 0 Å². The van der Waals surface area contributed by atoms with Crippen LogP contribution in [0.4, 0.5) is 0 Å². The van der Waals surface area contributed by atoms with Crippen molar-refractivity contribution in [2.24, 2.45) is 5.92 Å². The number of benzene rings is 1. The van der Waals surface area contributed by atoms with Gasteiger partial charge in [0.15, 0.2) is 0 Å². The summed E-state index contributed by atoms with van der Waals surface area (Å²) in [7, 11) is 1.74. The van der Waals surface area contributed by atoms with E-state index in [4.69, 9.17) is 4.74 Å². The van der Waals surface area contributed by atoms with E-state index in [1.54, 1.807) is 7.11 Å². The van der Waals surface area contributed by atoms with E-state index in [2.05, 4.69) is 38.2 Å². The highest BCUT2D eigenvalue weighted by atomic mass is 16.5. The molecule has 0 aliphatic carbocycles. The lowest BCUT2D eigenvalue weighted by Gasteiger charge is -2.24. The van der Waals surface area contributed by atoms with E-state index < -0.39 is 0 Å². The summed E-state index contributed by atoms with van der Waals surface area (Å²) in [5.41, 5.74) is 1.31. The molecule has 0 aliphatic heterocycles. The van der Waals surface area contributed by atoms with Gasteiger partial charge >= 0.3 is 0 Å². The van der Waals surface area contributed by atoms with Crippen LogP contribution in [0.15, 0.2) is 24.3 Å². The Kier molecular flexibility index (Phi) is 6.06. The molecule has 0 aliphatic rings. The topological polar surface area (TPSA) is 21.3 Å². The number of para-hydroxylation sites is 1. The van der Waals surface area contributed by atoms with Gasteiger partial charge in [-0.2, -0.15) is 0 Å². The molecular weight excluding hydrogens is 210 g/mol. The maximum atomic E-state index is 5.41. The Morgan fingerprint density at radius 2 is 1.94 bits per heavy atom. The minimum atomic E-state index is 0.551. The number of methoxy groups -OCH3 is 1. The molecule has 2 heteroatoms. The van der Waals surface area contributed by atoms with E-state index in [9.17, 15) is 0 Å². The van der Waals surface area contributed by atoms with Crippen molar-refractivity contribution in [1.82, 2.24) is 5.32 Å². The molecule has 2 unspecified atom stereocenters. The first-order chi connectivity index (χ1) is 8.22. The van der Waals surface area contributed by atoms with Gasteiger partial charge in [0.1, 0.15) is 5.75 Å². The van der Waals surface area contributed by atoms with E-state index in [0.717, 1.165) is 18.7 Å². The second-order valence-corrected chi connectivity index (χ2v) is 4.53. The van der Waals surface area contributed by atoms with Gasteiger partial charge in [0.25, 0.3) is 0 Å². The average Bonchev–Trinajstić information content (AvgIpc) is 2.36. The normalized spacial score (nSPS) is 14.4. The summed E-state index contributed by atoms with van der Waals surface area (Å²) in [5.74, 6) is 1.67. The molecule has 96 valence electrons. The van der Waals surface area contributed by atoms with Crippen LogP contribution in [0, 0.1) is 5.92 Å². The van der Waals surface area contributed by atoms with Crippen molar-refractivity contribution in [2.75, 3.05) is 13.7 Å². The molecule has 0 bridgehead atoms. The van der Waals surface area contributed by atoms with Crippen molar-refractivity contribution < 1.29 is 4.74 Å². The molecule has 1 aromatic rings. The lowest BCUT2D eigenvalue weighted by atomic mass is 9.90. The van der Waals surface area contributed by atoms with Crippen molar-refractivity contribution in [1.29, 1.82) is 0 Å². The van der Waals surface area contributed by atoms with Crippen molar-refractivity contribution in [3.8, 4) is 5.75 Å². The second kappa shape index (κ2) is 7.33. The predicted octanol–water partition coefficient (Wildman–Crippen LogP) is 3.26. The van der Waals surface area contributed by atoms with Crippen LogP contribution in [0.5, 0.6) is 5.75 Å². The predicted molar refractivity (Wildman–Crippen MR) is 73.6 cm³/mol. The summed E-state index contributed by atoms with van der Waals surface area (Å²) in [6, 6.07) is 8.87. The number of ether oxygens (including phenoxy) is 1. The maximum absolute atomic E-state index is 5.41. The molecule has 0 saturated heterocycles. The third-order valence-electron chi connectivity index (χ3n) is 3.43. The van der Waals surface area contributed by atoms with Crippen LogP contribution < -0.4 is 10.1 Å². The Balaban J connectivity index is 2.73. The highest BCUT2D eigenvalue weighted by Crippen LogP contribution is 2.23. The van der Waals surface area contributed by atoms with Crippen LogP contribution in [-0.4, -0.2) is 19.7 Å². The van der Waals surface area contributed by atoms with E-state index in [0.29, 0.717) is 12.0 Å². The molecule has 0 amide bonds. The first-order valence-electron chi connectivity index (χ1n) is 6.58. The molecule has 0 radical (unpaired) electrons. The quantitative estimate of drug-likeness (QED) is 0.783. The Labute approximate surface area is 105 Å². The molecule has 0 spiro atoms. The zero-order valence-corrected chi connectivity index (χ0v) is 11.5. The summed E-state index contributed by atoms with van der Waals surface area (Å²) in [4.78, 5) is 0. The number of nitrogens with one attached hydrogen (secondary N) is 1. The van der Waals surface area contributed by atoms with E-state index in [1.807, 2.05) is 12.1 Å². The summed E-state index contributed by atoms with van der Waals surface area (Å²) in [5, 5.41) is 3.51. The van der Waals surface area contributed by atoms with Gasteiger partial charge in [-0.15, -0.1) is 0 Å². The molecule has 0 fully saturated rings. The Morgan fingerprint density at radius 1 is 1.24 bits per heavy atom. The highest BCUT2D eigenvalue weighted by Gasteiger charge is 2.16. The molecule has 1 aromatic carbocycles. The van der Waals surface area contributed by atoms with Crippen molar-refractivity contribution >= 4 is 0 Å². The Bertz CT molecular complexity index is 324. The largest absolute Gasteiger partial charge is 0.496 e. The lowest BCUT2D eigenvalue weighted by molar-refractivity contribution is 0.357. The zero-order valence-electron chi connectivity index (χ0n) is 11.5. The number of hydrogen-bond acceptors (Lipinski definition) is 2. The van der Waals surface area contributed by atoms with Crippen LogP contribution >= 0.6 is 0 Å². The van der Waals surface area contributed by atoms with Gasteiger partial charge < -0.3 is 10.1 Å². The van der Waals surface area contributed by atoms with Crippen molar-refractivity contribution in [2.45, 2.75) is 39.7 Å². The molecule has 0 saturated carbocycles. The fourth-order valence-electron chi connectivity index (χ4n) is 2.32. The van der Waals surface area contributed by atoms with Gasteiger partial charge in [0.2, 0.25) is 0 Å². The summed E-state index contributed by atoms with van der Waals surface area (Å²) in [6.07, 6.45) is 2.26. The summed E-state index contributed by atoms with van der Waals surface area (Å²) in [6.45, 7) is 7.72. The molecule has 2 atom stereocenters. The fraction of sp³-hybridized carbons (Fsp3) is 0.600. The van der Waals surface area contributed by atoms with Gasteiger partial charge in [-0.1, -0.05) is 38.5 Å². The third kappa shape index (κ3) is 4.04. The first-order valence-corrected chi connectivity index (χ1v) is 6.58. The lowest BCUT2D eigenvalue weighted by Crippen LogP contribution is -2.34. The number of rotatable bonds is 7. The SMILES string of the molecule is CCNC(C)C(CC)Cc1ccccc1OC. The maximum Gasteiger partial charge on any atom is 0.122 e. The van der Waals surface area contributed by atoms with Gasteiger partial charge in [0.05, 0.1) is 7.11 Å². The fourth-order valence-corrected chi connectivity index (χ4v) is 2.32. The first kappa shape index (κ1) is 14.0. The van der Waals surface area contributed by atoms with E-state index >= 15 is 0 Å². The minimum Gasteiger partial charge on any atom is -0.496 e. The van der Waals surface area contributed by atoms with Crippen molar-refractivity contribution in [3.05, 3.63) is 29.8 Å². The van der Waals surface area contributed by atoms with E-state index in [-0.39, 0.29) is 0 Å². The summed E-state index contributed by atoms with van der Waals surface area (Å²) >= 11 is 0.